The van der Waals surface area contributed by atoms with Gasteiger partial charge >= 0.3 is 6.18 Å². The normalized spacial score (nSPS) is 28.3. The first-order chi connectivity index (χ1) is 11.6. The second kappa shape index (κ2) is 5.36. The summed E-state index contributed by atoms with van der Waals surface area (Å²) in [5.41, 5.74) is -1.15. The van der Waals surface area contributed by atoms with Crippen LogP contribution in [0.3, 0.4) is 0 Å². The molecule has 1 aromatic carbocycles. The van der Waals surface area contributed by atoms with E-state index in [0.29, 0.717) is 20.6 Å². The average molecular weight is 433 g/mol. The summed E-state index contributed by atoms with van der Waals surface area (Å²) < 4.78 is 56.2. The predicted molar refractivity (Wildman–Crippen MR) is 92.0 cm³/mol. The van der Waals surface area contributed by atoms with Crippen molar-refractivity contribution in [2.24, 2.45) is 11.8 Å². The highest BCUT2D eigenvalue weighted by Gasteiger charge is 2.57. The van der Waals surface area contributed by atoms with Gasteiger partial charge in [0.1, 0.15) is 5.82 Å². The molecule has 1 aliphatic heterocycles. The molecule has 0 radical (unpaired) electrons. The highest BCUT2D eigenvalue weighted by atomic mass is 79.9. The lowest BCUT2D eigenvalue weighted by Crippen LogP contribution is -2.30. The molecule has 2 unspecified atom stereocenters. The topological polar surface area (TPSA) is 17.8 Å². The quantitative estimate of drug-likeness (QED) is 0.459. The Labute approximate surface area is 155 Å². The Bertz CT molecular complexity index is 891. The number of fused-ring (bicyclic) bond motifs is 2. The molecule has 2 aromatic rings. The molecule has 0 amide bonds. The lowest BCUT2D eigenvalue weighted by molar-refractivity contribution is -0.141. The first kappa shape index (κ1) is 17.1. The Morgan fingerprint density at radius 2 is 2.04 bits per heavy atom. The third-order valence-corrected chi connectivity index (χ3v) is 6.27. The van der Waals surface area contributed by atoms with Crippen molar-refractivity contribution < 1.29 is 17.6 Å². The van der Waals surface area contributed by atoms with Gasteiger partial charge in [-0.1, -0.05) is 28.1 Å². The maximum atomic E-state index is 14.7. The summed E-state index contributed by atoms with van der Waals surface area (Å²) in [6.45, 7) is 1.96. The Hall–Kier alpha value is -1.28. The van der Waals surface area contributed by atoms with E-state index >= 15 is 0 Å². The molecule has 0 N–H and O–H groups in total. The maximum Gasteiger partial charge on any atom is 0.435 e. The lowest BCUT2D eigenvalue weighted by Gasteiger charge is -2.31. The minimum Gasteiger partial charge on any atom is -0.263 e. The summed E-state index contributed by atoms with van der Waals surface area (Å²) in [7, 11) is 0. The van der Waals surface area contributed by atoms with E-state index in [1.165, 1.54) is 10.7 Å². The molecule has 2 aliphatic rings. The Balaban J connectivity index is 1.97. The van der Waals surface area contributed by atoms with Gasteiger partial charge in [-0.25, -0.2) is 4.39 Å². The zero-order valence-electron chi connectivity index (χ0n) is 13.1. The highest BCUT2D eigenvalue weighted by Crippen LogP contribution is 2.58. The number of thiocarbonyl (C=S) groups is 1. The molecule has 0 saturated heterocycles. The van der Waals surface area contributed by atoms with Crippen molar-refractivity contribution in [3.63, 3.8) is 0 Å². The van der Waals surface area contributed by atoms with Gasteiger partial charge in [0.05, 0.1) is 12.2 Å². The van der Waals surface area contributed by atoms with Gasteiger partial charge in [-0.15, -0.1) is 0 Å². The van der Waals surface area contributed by atoms with Crippen LogP contribution in [0, 0.1) is 17.7 Å². The van der Waals surface area contributed by atoms with Gasteiger partial charge in [0.15, 0.2) is 5.69 Å². The van der Waals surface area contributed by atoms with Crippen molar-refractivity contribution in [2.75, 3.05) is 0 Å². The molecule has 8 heteroatoms. The number of hydrogen-bond donors (Lipinski definition) is 0. The number of benzene rings is 1. The third-order valence-electron chi connectivity index (χ3n) is 5.34. The van der Waals surface area contributed by atoms with Crippen LogP contribution in [0.15, 0.2) is 28.7 Å². The standard InChI is InChI=1S/C17H13BrF4N2S/c1-16(11-4-8(18)2-3-12(11)19)10-5-9(10)13(25)7-24-15(16)6-14(23-24)17(20,21)22/h2-4,6,9-10H,5,7H2,1H3/t9?,10?,16-/m0/s1. The Morgan fingerprint density at radius 3 is 2.72 bits per heavy atom. The number of halogens is 5. The van der Waals surface area contributed by atoms with Crippen LogP contribution in [0.4, 0.5) is 17.6 Å². The van der Waals surface area contributed by atoms with E-state index in [1.807, 2.05) is 0 Å². The molecule has 0 bridgehead atoms. The molecule has 25 heavy (non-hydrogen) atoms. The summed E-state index contributed by atoms with van der Waals surface area (Å²) in [5.74, 6) is -0.359. The van der Waals surface area contributed by atoms with Gasteiger partial charge in [-0.2, -0.15) is 18.3 Å². The number of aromatic nitrogens is 2. The van der Waals surface area contributed by atoms with E-state index in [9.17, 15) is 17.6 Å². The molecule has 1 saturated carbocycles. The molecule has 2 heterocycles. The van der Waals surface area contributed by atoms with Gasteiger partial charge in [0.2, 0.25) is 0 Å². The van der Waals surface area contributed by atoms with E-state index in [1.54, 1.807) is 19.1 Å². The van der Waals surface area contributed by atoms with Gasteiger partial charge in [0, 0.05) is 20.3 Å². The molecule has 4 rings (SSSR count). The van der Waals surface area contributed by atoms with Crippen LogP contribution in [0.5, 0.6) is 0 Å². The van der Waals surface area contributed by atoms with Crippen LogP contribution >= 0.6 is 28.1 Å². The van der Waals surface area contributed by atoms with Crippen LogP contribution < -0.4 is 0 Å². The van der Waals surface area contributed by atoms with Crippen molar-refractivity contribution in [2.45, 2.75) is 31.5 Å². The summed E-state index contributed by atoms with van der Waals surface area (Å²) in [6.07, 6.45) is -3.80. The molecular weight excluding hydrogens is 420 g/mol. The van der Waals surface area contributed by atoms with Crippen molar-refractivity contribution in [1.82, 2.24) is 9.78 Å². The van der Waals surface area contributed by atoms with Crippen molar-refractivity contribution >= 4 is 33.0 Å². The van der Waals surface area contributed by atoms with Crippen LogP contribution in [0.1, 0.15) is 30.3 Å². The van der Waals surface area contributed by atoms with Gasteiger partial charge in [-0.05, 0) is 49.4 Å². The predicted octanol–water partition coefficient (Wildman–Crippen LogP) is 5.13. The summed E-state index contributed by atoms with van der Waals surface area (Å²) in [6, 6.07) is 5.59. The fourth-order valence-electron chi connectivity index (χ4n) is 3.97. The molecular formula is C17H13BrF4N2S. The minimum absolute atomic E-state index is 0.0252. The average Bonchev–Trinajstić information content (AvgIpc) is 3.23. The number of alkyl halides is 3. The fraction of sp³-hybridized carbons (Fsp3) is 0.412. The van der Waals surface area contributed by atoms with E-state index in [4.69, 9.17) is 12.2 Å². The minimum atomic E-state index is -4.56. The van der Waals surface area contributed by atoms with Gasteiger partial charge < -0.3 is 0 Å². The molecule has 3 atom stereocenters. The summed E-state index contributed by atoms with van der Waals surface area (Å²) >= 11 is 8.74. The molecule has 1 fully saturated rings. The van der Waals surface area contributed by atoms with E-state index in [0.717, 1.165) is 12.5 Å². The van der Waals surface area contributed by atoms with Crippen LogP contribution in [0.25, 0.3) is 0 Å². The number of hydrogen-bond acceptors (Lipinski definition) is 2. The fourth-order valence-corrected chi connectivity index (χ4v) is 4.71. The summed E-state index contributed by atoms with van der Waals surface area (Å²) in [5, 5.41) is 3.73. The van der Waals surface area contributed by atoms with Crippen molar-refractivity contribution in [3.05, 3.63) is 51.5 Å². The SMILES string of the molecule is C[C@]1(c2cc(Br)ccc2F)c2cc(C(F)(F)F)nn2CC(=S)C2CC21. The van der Waals surface area contributed by atoms with Crippen LogP contribution in [-0.4, -0.2) is 14.6 Å². The zero-order chi connectivity index (χ0) is 18.1. The maximum absolute atomic E-state index is 14.7. The molecule has 0 spiro atoms. The molecule has 1 aromatic heterocycles. The summed E-state index contributed by atoms with van der Waals surface area (Å²) in [4.78, 5) is 0.683. The van der Waals surface area contributed by atoms with Crippen LogP contribution in [-0.2, 0) is 18.1 Å². The van der Waals surface area contributed by atoms with E-state index < -0.39 is 23.1 Å². The Kier molecular flexibility index (Phi) is 3.68. The number of rotatable bonds is 1. The monoisotopic (exact) mass is 432 g/mol. The molecule has 2 nitrogen and oxygen atoms in total. The van der Waals surface area contributed by atoms with Crippen molar-refractivity contribution in [3.8, 4) is 0 Å². The Morgan fingerprint density at radius 1 is 1.32 bits per heavy atom. The first-order valence-corrected chi connectivity index (χ1v) is 8.96. The lowest BCUT2D eigenvalue weighted by atomic mass is 9.74. The highest BCUT2D eigenvalue weighted by molar-refractivity contribution is 9.10. The zero-order valence-corrected chi connectivity index (χ0v) is 15.5. The van der Waals surface area contributed by atoms with Gasteiger partial charge in [-0.3, -0.25) is 4.68 Å². The van der Waals surface area contributed by atoms with Crippen molar-refractivity contribution in [1.29, 1.82) is 0 Å². The second-order valence-electron chi connectivity index (χ2n) is 6.81. The van der Waals surface area contributed by atoms with E-state index in [2.05, 4.69) is 21.0 Å². The van der Waals surface area contributed by atoms with Crippen LogP contribution in [0.2, 0.25) is 0 Å². The largest absolute Gasteiger partial charge is 0.435 e. The second-order valence-corrected chi connectivity index (χ2v) is 8.25. The molecule has 1 aliphatic carbocycles. The number of nitrogens with zero attached hydrogens (tertiary/aromatic N) is 2. The van der Waals surface area contributed by atoms with E-state index in [-0.39, 0.29) is 18.4 Å². The smallest absolute Gasteiger partial charge is 0.263 e. The molecule has 132 valence electrons. The first-order valence-electron chi connectivity index (χ1n) is 7.76. The van der Waals surface area contributed by atoms with Gasteiger partial charge in [0.25, 0.3) is 0 Å². The third kappa shape index (κ3) is 2.56.